The molecule has 1 aliphatic heterocycles. The maximum atomic E-state index is 13.2. The second-order valence-corrected chi connectivity index (χ2v) is 7.05. The summed E-state index contributed by atoms with van der Waals surface area (Å²) < 4.78 is 40.4. The van der Waals surface area contributed by atoms with E-state index in [2.05, 4.69) is 10.0 Å². The summed E-state index contributed by atoms with van der Waals surface area (Å²) in [6.45, 7) is 3.34. The summed E-state index contributed by atoms with van der Waals surface area (Å²) in [6, 6.07) is 3.32. The van der Waals surface area contributed by atoms with E-state index in [4.69, 9.17) is 11.6 Å². The van der Waals surface area contributed by atoms with Crippen LogP contribution in [-0.4, -0.2) is 27.0 Å². The zero-order chi connectivity index (χ0) is 14.1. The molecular formula is C12H16ClFN2O2S. The zero-order valence-corrected chi connectivity index (χ0v) is 12.1. The van der Waals surface area contributed by atoms with Gasteiger partial charge < -0.3 is 5.32 Å². The fourth-order valence-corrected chi connectivity index (χ4v) is 4.12. The van der Waals surface area contributed by atoms with Crippen LogP contribution >= 0.6 is 11.6 Å². The minimum Gasteiger partial charge on any atom is -0.317 e. The highest BCUT2D eigenvalue weighted by atomic mass is 35.5. The fourth-order valence-electron chi connectivity index (χ4n) is 2.14. The van der Waals surface area contributed by atoms with E-state index in [9.17, 15) is 12.8 Å². The summed E-state index contributed by atoms with van der Waals surface area (Å²) in [4.78, 5) is -0.214. The Hall–Kier alpha value is -0.690. The molecule has 19 heavy (non-hydrogen) atoms. The second-order valence-electron chi connectivity index (χ2n) is 4.99. The lowest BCUT2D eigenvalue weighted by atomic mass is 9.92. The van der Waals surface area contributed by atoms with Crippen LogP contribution in [0.1, 0.15) is 19.8 Å². The van der Waals surface area contributed by atoms with Gasteiger partial charge in [0.25, 0.3) is 0 Å². The highest BCUT2D eigenvalue weighted by Gasteiger charge is 2.33. The highest BCUT2D eigenvalue weighted by molar-refractivity contribution is 7.89. The molecule has 1 aromatic rings. The third-order valence-electron chi connectivity index (χ3n) is 3.27. The van der Waals surface area contributed by atoms with Gasteiger partial charge in [0.05, 0.1) is 5.02 Å². The molecular weight excluding hydrogens is 291 g/mol. The quantitative estimate of drug-likeness (QED) is 0.897. The second kappa shape index (κ2) is 5.36. The van der Waals surface area contributed by atoms with Crippen molar-refractivity contribution >= 4 is 21.6 Å². The van der Waals surface area contributed by atoms with Crippen LogP contribution in [0.15, 0.2) is 23.1 Å². The standard InChI is InChI=1S/C12H16ClFN2O2S/c1-12(4-6-15-7-5-12)16-19(17,18)11-8-9(14)2-3-10(11)13/h2-3,8,15-16H,4-7H2,1H3. The van der Waals surface area contributed by atoms with E-state index >= 15 is 0 Å². The molecule has 1 aliphatic rings. The number of hydrogen-bond acceptors (Lipinski definition) is 3. The van der Waals surface area contributed by atoms with Gasteiger partial charge in [-0.1, -0.05) is 11.6 Å². The molecule has 2 N–H and O–H groups in total. The van der Waals surface area contributed by atoms with Crippen LogP contribution in [0.2, 0.25) is 5.02 Å². The van der Waals surface area contributed by atoms with Crippen molar-refractivity contribution in [2.75, 3.05) is 13.1 Å². The average Bonchev–Trinajstić information content (AvgIpc) is 2.31. The van der Waals surface area contributed by atoms with E-state index in [1.165, 1.54) is 6.07 Å². The van der Waals surface area contributed by atoms with Crippen LogP contribution in [0.4, 0.5) is 4.39 Å². The number of benzene rings is 1. The molecule has 1 heterocycles. The van der Waals surface area contributed by atoms with Crippen molar-refractivity contribution in [1.29, 1.82) is 0 Å². The summed E-state index contributed by atoms with van der Waals surface area (Å²) in [5, 5.41) is 3.18. The monoisotopic (exact) mass is 306 g/mol. The lowest BCUT2D eigenvalue weighted by Crippen LogP contribution is -2.52. The Morgan fingerprint density at radius 1 is 1.37 bits per heavy atom. The Morgan fingerprint density at radius 3 is 2.63 bits per heavy atom. The normalized spacial score (nSPS) is 19.3. The topological polar surface area (TPSA) is 58.2 Å². The van der Waals surface area contributed by atoms with E-state index in [0.29, 0.717) is 12.8 Å². The molecule has 0 unspecified atom stereocenters. The predicted molar refractivity (Wildman–Crippen MR) is 72.2 cm³/mol. The maximum Gasteiger partial charge on any atom is 0.242 e. The maximum absolute atomic E-state index is 13.2. The predicted octanol–water partition coefficient (Wildman–Crippen LogP) is 1.90. The summed E-state index contributed by atoms with van der Waals surface area (Å²) in [5.74, 6) is -0.625. The molecule has 1 fully saturated rings. The molecule has 4 nitrogen and oxygen atoms in total. The van der Waals surface area contributed by atoms with Crippen LogP contribution in [0.5, 0.6) is 0 Å². The molecule has 0 saturated carbocycles. The Bertz CT molecular complexity index is 571. The Kier molecular flexibility index (Phi) is 4.15. The van der Waals surface area contributed by atoms with E-state index in [1.54, 1.807) is 0 Å². The first kappa shape index (κ1) is 14.7. The van der Waals surface area contributed by atoms with Gasteiger partial charge in [0, 0.05) is 5.54 Å². The lowest BCUT2D eigenvalue weighted by Gasteiger charge is -2.34. The molecule has 0 amide bonds. The molecule has 0 aromatic heterocycles. The third-order valence-corrected chi connectivity index (χ3v) is 5.39. The first-order chi connectivity index (χ1) is 8.82. The van der Waals surface area contributed by atoms with Crippen LogP contribution in [0.25, 0.3) is 0 Å². The molecule has 0 spiro atoms. The summed E-state index contributed by atoms with van der Waals surface area (Å²) in [5.41, 5.74) is -0.528. The Labute approximate surface area is 117 Å². The van der Waals surface area contributed by atoms with Crippen molar-refractivity contribution in [3.63, 3.8) is 0 Å². The smallest absolute Gasteiger partial charge is 0.242 e. The molecule has 106 valence electrons. The number of piperidine rings is 1. The number of rotatable bonds is 3. The first-order valence-electron chi connectivity index (χ1n) is 6.02. The molecule has 1 saturated heterocycles. The van der Waals surface area contributed by atoms with Gasteiger partial charge in [-0.2, -0.15) is 0 Å². The summed E-state index contributed by atoms with van der Waals surface area (Å²) in [6.07, 6.45) is 1.36. The fraction of sp³-hybridized carbons (Fsp3) is 0.500. The Morgan fingerprint density at radius 2 is 2.00 bits per heavy atom. The molecule has 1 aromatic carbocycles. The van der Waals surface area contributed by atoms with Crippen molar-refractivity contribution in [3.05, 3.63) is 29.0 Å². The molecule has 7 heteroatoms. The SMILES string of the molecule is CC1(NS(=O)(=O)c2cc(F)ccc2Cl)CCNCC1. The molecule has 0 atom stereocenters. The lowest BCUT2D eigenvalue weighted by molar-refractivity contribution is 0.308. The number of nitrogens with one attached hydrogen (secondary N) is 2. The van der Waals surface area contributed by atoms with Crippen molar-refractivity contribution in [1.82, 2.24) is 10.0 Å². The number of hydrogen-bond donors (Lipinski definition) is 2. The molecule has 0 bridgehead atoms. The van der Waals surface area contributed by atoms with Crippen LogP contribution in [0.3, 0.4) is 0 Å². The van der Waals surface area contributed by atoms with E-state index in [1.807, 2.05) is 6.92 Å². The highest BCUT2D eigenvalue weighted by Crippen LogP contribution is 2.26. The minimum atomic E-state index is -3.82. The Balaban J connectivity index is 2.29. The molecule has 0 radical (unpaired) electrons. The van der Waals surface area contributed by atoms with Crippen molar-refractivity contribution < 1.29 is 12.8 Å². The van der Waals surface area contributed by atoms with E-state index in [-0.39, 0.29) is 9.92 Å². The number of halogens is 2. The van der Waals surface area contributed by atoms with Gasteiger partial charge in [0.1, 0.15) is 10.7 Å². The molecule has 0 aliphatic carbocycles. The van der Waals surface area contributed by atoms with Gasteiger partial charge in [-0.15, -0.1) is 0 Å². The molecule has 2 rings (SSSR count). The third kappa shape index (κ3) is 3.45. The van der Waals surface area contributed by atoms with Gasteiger partial charge >= 0.3 is 0 Å². The van der Waals surface area contributed by atoms with Crippen LogP contribution in [-0.2, 0) is 10.0 Å². The van der Waals surface area contributed by atoms with Crippen molar-refractivity contribution in [2.45, 2.75) is 30.2 Å². The van der Waals surface area contributed by atoms with Crippen LogP contribution < -0.4 is 10.0 Å². The zero-order valence-electron chi connectivity index (χ0n) is 10.5. The van der Waals surface area contributed by atoms with Gasteiger partial charge in [-0.05, 0) is 51.1 Å². The van der Waals surface area contributed by atoms with Gasteiger partial charge in [-0.25, -0.2) is 17.5 Å². The van der Waals surface area contributed by atoms with Gasteiger partial charge in [0.15, 0.2) is 0 Å². The van der Waals surface area contributed by atoms with Crippen LogP contribution in [0, 0.1) is 5.82 Å². The van der Waals surface area contributed by atoms with Crippen molar-refractivity contribution in [2.24, 2.45) is 0 Å². The first-order valence-corrected chi connectivity index (χ1v) is 7.88. The van der Waals surface area contributed by atoms with E-state index in [0.717, 1.165) is 25.2 Å². The minimum absolute atomic E-state index is 0.0198. The van der Waals surface area contributed by atoms with Gasteiger partial charge in [-0.3, -0.25) is 0 Å². The van der Waals surface area contributed by atoms with E-state index < -0.39 is 21.4 Å². The van der Waals surface area contributed by atoms with Gasteiger partial charge in [0.2, 0.25) is 10.0 Å². The summed E-state index contributed by atoms with van der Waals surface area (Å²) in [7, 11) is -3.82. The average molecular weight is 307 g/mol. The largest absolute Gasteiger partial charge is 0.317 e. The number of sulfonamides is 1. The summed E-state index contributed by atoms with van der Waals surface area (Å²) >= 11 is 5.85. The van der Waals surface area contributed by atoms with Crippen molar-refractivity contribution in [3.8, 4) is 0 Å².